The van der Waals surface area contributed by atoms with E-state index in [1.807, 2.05) is 13.8 Å². The number of nitrogens with zero attached hydrogens (tertiary/aromatic N) is 1. The minimum atomic E-state index is -0.419. The fraction of sp³-hybridized carbons (Fsp3) is 0.400. The fourth-order valence-electron chi connectivity index (χ4n) is 2.06. The van der Waals surface area contributed by atoms with Crippen molar-refractivity contribution in [1.82, 2.24) is 15.5 Å². The van der Waals surface area contributed by atoms with Gasteiger partial charge in [0.1, 0.15) is 0 Å². The minimum Gasteiger partial charge on any atom is -0.352 e. The van der Waals surface area contributed by atoms with Crippen LogP contribution in [0.2, 0.25) is 0 Å². The lowest BCUT2D eigenvalue weighted by molar-refractivity contribution is -0.125. The number of urea groups is 1. The van der Waals surface area contributed by atoms with Crippen molar-refractivity contribution in [1.29, 1.82) is 0 Å². The topological polar surface area (TPSA) is 78.5 Å². The zero-order valence-corrected chi connectivity index (χ0v) is 12.2. The summed E-state index contributed by atoms with van der Waals surface area (Å²) in [6.07, 6.45) is 0. The molecule has 1 heterocycles. The Morgan fingerprint density at radius 1 is 1.33 bits per heavy atom. The molecule has 1 saturated heterocycles. The van der Waals surface area contributed by atoms with E-state index < -0.39 is 6.03 Å². The molecular formula is C15H19N3O3. The number of carbonyl (C=O) groups excluding carboxylic acids is 3. The Morgan fingerprint density at radius 2 is 2.05 bits per heavy atom. The average molecular weight is 289 g/mol. The van der Waals surface area contributed by atoms with Crippen molar-refractivity contribution in [3.05, 3.63) is 35.4 Å². The molecule has 6 nitrogen and oxygen atoms in total. The molecular weight excluding hydrogens is 270 g/mol. The summed E-state index contributed by atoms with van der Waals surface area (Å²) in [6, 6.07) is 6.58. The monoisotopic (exact) mass is 289 g/mol. The van der Waals surface area contributed by atoms with Crippen LogP contribution in [0.5, 0.6) is 0 Å². The zero-order valence-electron chi connectivity index (χ0n) is 12.2. The van der Waals surface area contributed by atoms with E-state index in [2.05, 4.69) is 10.6 Å². The van der Waals surface area contributed by atoms with Crippen LogP contribution in [0.15, 0.2) is 24.3 Å². The second kappa shape index (κ2) is 6.39. The van der Waals surface area contributed by atoms with Gasteiger partial charge in [-0.25, -0.2) is 4.79 Å². The highest BCUT2D eigenvalue weighted by Gasteiger charge is 2.29. The lowest BCUT2D eigenvalue weighted by Crippen LogP contribution is -2.32. The van der Waals surface area contributed by atoms with Crippen molar-refractivity contribution in [2.45, 2.75) is 20.4 Å². The molecule has 0 aliphatic carbocycles. The molecule has 21 heavy (non-hydrogen) atoms. The van der Waals surface area contributed by atoms with E-state index in [1.165, 1.54) is 0 Å². The molecule has 2 N–H and O–H groups in total. The number of benzene rings is 1. The van der Waals surface area contributed by atoms with Gasteiger partial charge >= 0.3 is 6.03 Å². The molecule has 4 amide bonds. The number of hydrogen-bond acceptors (Lipinski definition) is 3. The molecule has 0 saturated carbocycles. The van der Waals surface area contributed by atoms with Gasteiger partial charge in [-0.05, 0) is 17.5 Å². The quantitative estimate of drug-likeness (QED) is 0.797. The third-order valence-electron chi connectivity index (χ3n) is 3.20. The van der Waals surface area contributed by atoms with Gasteiger partial charge in [-0.2, -0.15) is 0 Å². The molecule has 1 fully saturated rings. The van der Waals surface area contributed by atoms with Crippen molar-refractivity contribution >= 4 is 17.8 Å². The lowest BCUT2D eigenvalue weighted by Gasteiger charge is -2.16. The van der Waals surface area contributed by atoms with Gasteiger partial charge in [-0.3, -0.25) is 14.5 Å². The molecule has 1 aromatic carbocycles. The number of imide groups is 1. The van der Waals surface area contributed by atoms with Crippen LogP contribution < -0.4 is 10.6 Å². The Kier molecular flexibility index (Phi) is 4.57. The van der Waals surface area contributed by atoms with Gasteiger partial charge < -0.3 is 10.6 Å². The van der Waals surface area contributed by atoms with Gasteiger partial charge in [0.25, 0.3) is 5.91 Å². The number of amides is 4. The fourth-order valence-corrected chi connectivity index (χ4v) is 2.06. The van der Waals surface area contributed by atoms with E-state index in [4.69, 9.17) is 0 Å². The summed E-state index contributed by atoms with van der Waals surface area (Å²) in [7, 11) is 0. The highest BCUT2D eigenvalue weighted by molar-refractivity contribution is 6.02. The Balaban J connectivity index is 2.15. The van der Waals surface area contributed by atoms with Crippen LogP contribution in [-0.4, -0.2) is 35.8 Å². The number of nitrogens with one attached hydrogen (secondary N) is 2. The molecule has 0 unspecified atom stereocenters. The van der Waals surface area contributed by atoms with Crippen LogP contribution in [-0.2, 0) is 11.3 Å². The van der Waals surface area contributed by atoms with Crippen LogP contribution in [0.25, 0.3) is 0 Å². The second-order valence-corrected chi connectivity index (χ2v) is 5.40. The van der Waals surface area contributed by atoms with Crippen LogP contribution in [0.4, 0.5) is 4.79 Å². The molecule has 0 bridgehead atoms. The van der Waals surface area contributed by atoms with Gasteiger partial charge in [0, 0.05) is 12.1 Å². The first-order chi connectivity index (χ1) is 9.99. The molecule has 0 aromatic heterocycles. The summed E-state index contributed by atoms with van der Waals surface area (Å²) >= 11 is 0. The summed E-state index contributed by atoms with van der Waals surface area (Å²) in [5, 5.41) is 5.31. The van der Waals surface area contributed by atoms with Crippen LogP contribution in [0.3, 0.4) is 0 Å². The molecule has 1 aromatic rings. The third-order valence-corrected chi connectivity index (χ3v) is 3.20. The average Bonchev–Trinajstić information content (AvgIpc) is 2.77. The van der Waals surface area contributed by atoms with Crippen molar-refractivity contribution < 1.29 is 14.4 Å². The van der Waals surface area contributed by atoms with Crippen molar-refractivity contribution in [2.75, 3.05) is 13.1 Å². The number of rotatable bonds is 5. The molecule has 0 atom stereocenters. The summed E-state index contributed by atoms with van der Waals surface area (Å²) in [4.78, 5) is 36.5. The van der Waals surface area contributed by atoms with E-state index >= 15 is 0 Å². The summed E-state index contributed by atoms with van der Waals surface area (Å²) < 4.78 is 0. The van der Waals surface area contributed by atoms with Gasteiger partial charge in [-0.15, -0.1) is 0 Å². The number of carbonyl (C=O) groups is 3. The van der Waals surface area contributed by atoms with Gasteiger partial charge in [0.2, 0.25) is 5.91 Å². The smallest absolute Gasteiger partial charge is 0.324 e. The Hall–Kier alpha value is -2.37. The molecule has 0 spiro atoms. The highest BCUT2D eigenvalue weighted by atomic mass is 16.2. The molecule has 1 aliphatic heterocycles. The van der Waals surface area contributed by atoms with Gasteiger partial charge in [-0.1, -0.05) is 32.0 Å². The zero-order chi connectivity index (χ0) is 15.4. The highest BCUT2D eigenvalue weighted by Crippen LogP contribution is 2.14. The molecule has 2 rings (SSSR count). The largest absolute Gasteiger partial charge is 0.352 e. The second-order valence-electron chi connectivity index (χ2n) is 5.40. The maximum atomic E-state index is 12.2. The van der Waals surface area contributed by atoms with E-state index in [0.29, 0.717) is 23.6 Å². The number of hydrogen-bond donors (Lipinski definition) is 2. The third kappa shape index (κ3) is 3.59. The van der Waals surface area contributed by atoms with Crippen molar-refractivity contribution in [3.8, 4) is 0 Å². The predicted octanol–water partition coefficient (Wildman–Crippen LogP) is 1.12. The van der Waals surface area contributed by atoms with Crippen molar-refractivity contribution in [2.24, 2.45) is 5.92 Å². The Bertz CT molecular complexity index is 553. The Labute approximate surface area is 123 Å². The maximum Gasteiger partial charge on any atom is 0.324 e. The van der Waals surface area contributed by atoms with Crippen molar-refractivity contribution in [3.63, 3.8) is 0 Å². The first-order valence-corrected chi connectivity index (χ1v) is 6.93. The molecule has 6 heteroatoms. The lowest BCUT2D eigenvalue weighted by atomic mass is 10.1. The predicted molar refractivity (Wildman–Crippen MR) is 77.6 cm³/mol. The van der Waals surface area contributed by atoms with Crippen LogP contribution in [0.1, 0.15) is 29.8 Å². The Morgan fingerprint density at radius 3 is 2.67 bits per heavy atom. The standard InChI is InChI=1S/C15H19N3O3/c1-10(2)7-16-14(20)12-6-4-3-5-11(12)9-18-13(19)8-17-15(18)21/h3-6,10H,7-9H2,1-2H3,(H,16,20)(H,17,21). The van der Waals surface area contributed by atoms with E-state index in [1.54, 1.807) is 24.3 Å². The van der Waals surface area contributed by atoms with E-state index in [9.17, 15) is 14.4 Å². The molecule has 0 radical (unpaired) electrons. The van der Waals surface area contributed by atoms with E-state index in [-0.39, 0.29) is 24.9 Å². The minimum absolute atomic E-state index is 0.0144. The summed E-state index contributed by atoms with van der Waals surface area (Å²) in [6.45, 7) is 4.73. The normalized spacial score (nSPS) is 14.5. The first kappa shape index (κ1) is 15.0. The molecule has 1 aliphatic rings. The summed E-state index contributed by atoms with van der Waals surface area (Å²) in [5.41, 5.74) is 1.15. The SMILES string of the molecule is CC(C)CNC(=O)c1ccccc1CN1C(=O)CNC1=O. The van der Waals surface area contributed by atoms with Gasteiger partial charge in [0.15, 0.2) is 0 Å². The van der Waals surface area contributed by atoms with Gasteiger partial charge in [0.05, 0.1) is 13.1 Å². The first-order valence-electron chi connectivity index (χ1n) is 6.93. The van der Waals surface area contributed by atoms with Crippen LogP contribution in [0, 0.1) is 5.92 Å². The molecule has 112 valence electrons. The van der Waals surface area contributed by atoms with E-state index in [0.717, 1.165) is 4.90 Å². The van der Waals surface area contributed by atoms with Crippen LogP contribution >= 0.6 is 0 Å². The summed E-state index contributed by atoms with van der Waals surface area (Å²) in [5.74, 6) is -0.115. The maximum absolute atomic E-state index is 12.2.